The zero-order chi connectivity index (χ0) is 11.4. The van der Waals surface area contributed by atoms with Crippen LogP contribution in [0.25, 0.3) is 0 Å². The van der Waals surface area contributed by atoms with E-state index in [4.69, 9.17) is 5.73 Å². The van der Waals surface area contributed by atoms with Crippen LogP contribution >= 0.6 is 11.3 Å². The number of thiophene rings is 1. The van der Waals surface area contributed by atoms with Crippen LogP contribution in [0.2, 0.25) is 0 Å². The van der Waals surface area contributed by atoms with E-state index in [1.807, 2.05) is 6.07 Å². The van der Waals surface area contributed by atoms with Crippen LogP contribution in [0.4, 0.5) is 0 Å². The number of rotatable bonds is 4. The van der Waals surface area contributed by atoms with Crippen molar-refractivity contribution in [2.24, 2.45) is 5.73 Å². The van der Waals surface area contributed by atoms with Crippen molar-refractivity contribution in [2.75, 3.05) is 0 Å². The average Bonchev–Trinajstić information content (AvgIpc) is 2.85. The molecule has 2 atom stereocenters. The van der Waals surface area contributed by atoms with Gasteiger partial charge in [-0.2, -0.15) is 0 Å². The lowest BCUT2D eigenvalue weighted by Crippen LogP contribution is -2.18. The summed E-state index contributed by atoms with van der Waals surface area (Å²) in [5.41, 5.74) is 7.68. The average molecular weight is 231 g/mol. The standard InChI is InChI=1S/C14H17NS/c1-2-12(11-7-4-3-5-8-11)14(15)13-9-6-10-16-13/h3-10,12,14H,2,15H2,1H3. The Morgan fingerprint density at radius 1 is 1.12 bits per heavy atom. The minimum atomic E-state index is 0.118. The molecule has 0 aliphatic heterocycles. The van der Waals surface area contributed by atoms with Crippen molar-refractivity contribution >= 4 is 11.3 Å². The molecule has 84 valence electrons. The predicted molar refractivity (Wildman–Crippen MR) is 70.7 cm³/mol. The molecule has 0 aliphatic carbocycles. The second-order valence-corrected chi connectivity index (χ2v) is 4.95. The normalized spacial score (nSPS) is 14.6. The summed E-state index contributed by atoms with van der Waals surface area (Å²) in [5.74, 6) is 0.417. The van der Waals surface area contributed by atoms with E-state index in [1.54, 1.807) is 11.3 Å². The Balaban J connectivity index is 2.23. The molecule has 2 rings (SSSR count). The van der Waals surface area contributed by atoms with Crippen LogP contribution in [0.5, 0.6) is 0 Å². The molecule has 2 aromatic rings. The minimum Gasteiger partial charge on any atom is -0.323 e. The highest BCUT2D eigenvalue weighted by Crippen LogP contribution is 2.33. The highest BCUT2D eigenvalue weighted by molar-refractivity contribution is 7.10. The highest BCUT2D eigenvalue weighted by atomic mass is 32.1. The van der Waals surface area contributed by atoms with Crippen LogP contribution in [0.1, 0.15) is 35.7 Å². The van der Waals surface area contributed by atoms with Crippen LogP contribution in [-0.2, 0) is 0 Å². The molecule has 16 heavy (non-hydrogen) atoms. The second-order valence-electron chi connectivity index (χ2n) is 3.97. The summed E-state index contributed by atoms with van der Waals surface area (Å²) in [4.78, 5) is 1.27. The topological polar surface area (TPSA) is 26.0 Å². The zero-order valence-electron chi connectivity index (χ0n) is 9.47. The molecule has 2 heteroatoms. The maximum Gasteiger partial charge on any atom is 0.0459 e. The smallest absolute Gasteiger partial charge is 0.0459 e. The summed E-state index contributed by atoms with van der Waals surface area (Å²) in [6.45, 7) is 2.20. The van der Waals surface area contributed by atoms with Crippen molar-refractivity contribution in [2.45, 2.75) is 25.3 Å². The Hall–Kier alpha value is -1.12. The first-order valence-corrected chi connectivity index (χ1v) is 6.54. The third-order valence-corrected chi connectivity index (χ3v) is 3.95. The summed E-state index contributed by atoms with van der Waals surface area (Å²) in [5, 5.41) is 2.09. The lowest BCUT2D eigenvalue weighted by Gasteiger charge is -2.22. The molecule has 2 N–H and O–H groups in total. The van der Waals surface area contributed by atoms with Gasteiger partial charge in [0.2, 0.25) is 0 Å². The van der Waals surface area contributed by atoms with Gasteiger partial charge in [0, 0.05) is 16.8 Å². The summed E-state index contributed by atoms with van der Waals surface area (Å²) in [6.07, 6.45) is 1.07. The van der Waals surface area contributed by atoms with Crippen LogP contribution < -0.4 is 5.73 Å². The van der Waals surface area contributed by atoms with Gasteiger partial charge in [-0.25, -0.2) is 0 Å². The molecule has 2 unspecified atom stereocenters. The molecule has 1 aromatic heterocycles. The summed E-state index contributed by atoms with van der Waals surface area (Å²) in [6, 6.07) is 14.9. The molecule has 1 nitrogen and oxygen atoms in total. The molecule has 0 radical (unpaired) electrons. The Morgan fingerprint density at radius 2 is 1.88 bits per heavy atom. The monoisotopic (exact) mass is 231 g/mol. The summed E-state index contributed by atoms with van der Waals surface area (Å²) >= 11 is 1.74. The summed E-state index contributed by atoms with van der Waals surface area (Å²) < 4.78 is 0. The molecule has 0 saturated carbocycles. The SMILES string of the molecule is CCC(c1ccccc1)C(N)c1cccs1. The first-order valence-electron chi connectivity index (χ1n) is 5.67. The maximum absolute atomic E-state index is 6.34. The van der Waals surface area contributed by atoms with Crippen LogP contribution in [0.15, 0.2) is 47.8 Å². The fourth-order valence-electron chi connectivity index (χ4n) is 2.08. The summed E-state index contributed by atoms with van der Waals surface area (Å²) in [7, 11) is 0. The predicted octanol–water partition coefficient (Wildman–Crippen LogP) is 3.94. The van der Waals surface area contributed by atoms with Gasteiger partial charge >= 0.3 is 0 Å². The first kappa shape index (κ1) is 11.4. The van der Waals surface area contributed by atoms with E-state index in [1.165, 1.54) is 10.4 Å². The lowest BCUT2D eigenvalue weighted by molar-refractivity contribution is 0.546. The lowest BCUT2D eigenvalue weighted by atomic mass is 9.89. The van der Waals surface area contributed by atoms with Crippen LogP contribution in [-0.4, -0.2) is 0 Å². The molecule has 0 saturated heterocycles. The Morgan fingerprint density at radius 3 is 2.44 bits per heavy atom. The fourth-order valence-corrected chi connectivity index (χ4v) is 2.87. The van der Waals surface area contributed by atoms with Gasteiger partial charge in [0.05, 0.1) is 0 Å². The van der Waals surface area contributed by atoms with E-state index in [0.717, 1.165) is 6.42 Å². The third kappa shape index (κ3) is 2.34. The number of nitrogens with two attached hydrogens (primary N) is 1. The quantitative estimate of drug-likeness (QED) is 0.847. The van der Waals surface area contributed by atoms with E-state index in [0.29, 0.717) is 5.92 Å². The van der Waals surface area contributed by atoms with Crippen molar-refractivity contribution in [3.63, 3.8) is 0 Å². The Bertz CT molecular complexity index is 408. The molecule has 0 bridgehead atoms. The van der Waals surface area contributed by atoms with Gasteiger partial charge < -0.3 is 5.73 Å². The van der Waals surface area contributed by atoms with Gasteiger partial charge in [-0.05, 0) is 23.4 Å². The van der Waals surface area contributed by atoms with Crippen molar-refractivity contribution < 1.29 is 0 Å². The molecule has 0 fully saturated rings. The van der Waals surface area contributed by atoms with E-state index < -0.39 is 0 Å². The van der Waals surface area contributed by atoms with Crippen molar-refractivity contribution in [3.05, 3.63) is 58.3 Å². The zero-order valence-corrected chi connectivity index (χ0v) is 10.3. The number of benzene rings is 1. The van der Waals surface area contributed by atoms with Gasteiger partial charge in [0.25, 0.3) is 0 Å². The molecule has 0 aliphatic rings. The minimum absolute atomic E-state index is 0.118. The second kappa shape index (κ2) is 5.28. The maximum atomic E-state index is 6.34. The van der Waals surface area contributed by atoms with E-state index >= 15 is 0 Å². The van der Waals surface area contributed by atoms with Crippen molar-refractivity contribution in [1.29, 1.82) is 0 Å². The molecule has 0 spiro atoms. The molecular formula is C14H17NS. The first-order chi connectivity index (χ1) is 7.83. The Kier molecular flexibility index (Phi) is 3.75. The third-order valence-electron chi connectivity index (χ3n) is 2.97. The van der Waals surface area contributed by atoms with Crippen LogP contribution in [0, 0.1) is 0 Å². The van der Waals surface area contributed by atoms with Gasteiger partial charge in [-0.15, -0.1) is 11.3 Å². The van der Waals surface area contributed by atoms with Crippen molar-refractivity contribution in [1.82, 2.24) is 0 Å². The Labute approximate surface area is 101 Å². The fraction of sp³-hybridized carbons (Fsp3) is 0.286. The van der Waals surface area contributed by atoms with Gasteiger partial charge in [-0.3, -0.25) is 0 Å². The highest BCUT2D eigenvalue weighted by Gasteiger charge is 2.19. The largest absolute Gasteiger partial charge is 0.323 e. The number of hydrogen-bond acceptors (Lipinski definition) is 2. The van der Waals surface area contributed by atoms with Crippen molar-refractivity contribution in [3.8, 4) is 0 Å². The molecule has 1 heterocycles. The van der Waals surface area contributed by atoms with Gasteiger partial charge in [0.15, 0.2) is 0 Å². The van der Waals surface area contributed by atoms with E-state index in [2.05, 4.69) is 48.7 Å². The van der Waals surface area contributed by atoms with Gasteiger partial charge in [0.1, 0.15) is 0 Å². The molecule has 0 amide bonds. The van der Waals surface area contributed by atoms with Crippen LogP contribution in [0.3, 0.4) is 0 Å². The van der Waals surface area contributed by atoms with Gasteiger partial charge in [-0.1, -0.05) is 43.3 Å². The molecular weight excluding hydrogens is 214 g/mol. The molecule has 1 aromatic carbocycles. The van der Waals surface area contributed by atoms with E-state index in [-0.39, 0.29) is 6.04 Å². The van der Waals surface area contributed by atoms with E-state index in [9.17, 15) is 0 Å². The number of hydrogen-bond donors (Lipinski definition) is 1.